The molecule has 0 radical (unpaired) electrons. The highest BCUT2D eigenvalue weighted by molar-refractivity contribution is 7.10. The summed E-state index contributed by atoms with van der Waals surface area (Å²) in [7, 11) is 0. The number of nitrogens with one attached hydrogen (secondary N) is 1. The van der Waals surface area contributed by atoms with Crippen LogP contribution in [0.5, 0.6) is 0 Å². The Morgan fingerprint density at radius 1 is 1.25 bits per heavy atom. The van der Waals surface area contributed by atoms with Gasteiger partial charge in [0.05, 0.1) is 0 Å². The Hall–Kier alpha value is -1.03. The third-order valence-corrected chi connectivity index (χ3v) is 3.46. The van der Waals surface area contributed by atoms with Crippen molar-refractivity contribution in [1.82, 2.24) is 5.32 Å². The van der Waals surface area contributed by atoms with E-state index < -0.39 is 0 Å². The Bertz CT molecular complexity index is 468. The maximum absolute atomic E-state index is 5.90. The van der Waals surface area contributed by atoms with E-state index in [-0.39, 0.29) is 0 Å². The summed E-state index contributed by atoms with van der Waals surface area (Å²) < 4.78 is 0. The van der Waals surface area contributed by atoms with Crippen molar-refractivity contribution in [3.8, 4) is 0 Å². The van der Waals surface area contributed by atoms with Gasteiger partial charge in [-0.3, -0.25) is 0 Å². The predicted octanol–water partition coefficient (Wildman–Crippen LogP) is 3.27. The summed E-state index contributed by atoms with van der Waals surface area (Å²) in [5.74, 6) is 0. The lowest BCUT2D eigenvalue weighted by atomic mass is 10.2. The van der Waals surface area contributed by atoms with Crippen LogP contribution in [0.1, 0.15) is 10.4 Å². The molecule has 3 N–H and O–H groups in total. The normalized spacial score (nSPS) is 10.6. The van der Waals surface area contributed by atoms with Crippen molar-refractivity contribution in [3.63, 3.8) is 0 Å². The summed E-state index contributed by atoms with van der Waals surface area (Å²) in [6.07, 6.45) is 0. The molecule has 2 nitrogen and oxygen atoms in total. The van der Waals surface area contributed by atoms with Gasteiger partial charge in [-0.2, -0.15) is 0 Å². The lowest BCUT2D eigenvalue weighted by molar-refractivity contribution is 0.702. The van der Waals surface area contributed by atoms with Crippen molar-refractivity contribution in [1.29, 1.82) is 0 Å². The van der Waals surface area contributed by atoms with Crippen LogP contribution in [0.25, 0.3) is 0 Å². The molecule has 1 heterocycles. The average molecular weight is 253 g/mol. The fourth-order valence-corrected chi connectivity index (χ4v) is 2.44. The molecule has 0 spiro atoms. The zero-order valence-electron chi connectivity index (χ0n) is 8.74. The molecular weight excluding hydrogens is 240 g/mol. The van der Waals surface area contributed by atoms with E-state index in [1.807, 2.05) is 29.6 Å². The number of nitrogens with two attached hydrogens (primary N) is 1. The molecule has 4 heteroatoms. The molecule has 0 saturated heterocycles. The van der Waals surface area contributed by atoms with Gasteiger partial charge in [0, 0.05) is 28.7 Å². The number of nitrogen functional groups attached to an aromatic ring is 1. The van der Waals surface area contributed by atoms with Crippen LogP contribution < -0.4 is 11.1 Å². The fourth-order valence-electron chi connectivity index (χ4n) is 1.46. The molecule has 0 aliphatic carbocycles. The van der Waals surface area contributed by atoms with Crippen LogP contribution in [-0.4, -0.2) is 0 Å². The minimum atomic E-state index is 0.773. The van der Waals surface area contributed by atoms with E-state index in [0.29, 0.717) is 0 Å². The Morgan fingerprint density at radius 3 is 2.81 bits per heavy atom. The van der Waals surface area contributed by atoms with Gasteiger partial charge in [-0.15, -0.1) is 11.3 Å². The summed E-state index contributed by atoms with van der Waals surface area (Å²) in [6.45, 7) is 1.61. The molecule has 0 aliphatic heterocycles. The van der Waals surface area contributed by atoms with Crippen LogP contribution in [0.3, 0.4) is 0 Å². The number of rotatable bonds is 4. The van der Waals surface area contributed by atoms with E-state index in [0.717, 1.165) is 23.8 Å². The summed E-state index contributed by atoms with van der Waals surface area (Å²) in [4.78, 5) is 1.18. The third-order valence-electron chi connectivity index (χ3n) is 2.28. The van der Waals surface area contributed by atoms with Gasteiger partial charge < -0.3 is 11.1 Å². The van der Waals surface area contributed by atoms with Crippen LogP contribution in [0.15, 0.2) is 35.7 Å². The van der Waals surface area contributed by atoms with Crippen molar-refractivity contribution < 1.29 is 0 Å². The smallest absolute Gasteiger partial charge is 0.0468 e. The second-order valence-corrected chi connectivity index (χ2v) is 4.97. The van der Waals surface area contributed by atoms with Crippen LogP contribution in [0, 0.1) is 0 Å². The second-order valence-electron chi connectivity index (χ2n) is 3.53. The molecule has 0 amide bonds. The first kappa shape index (κ1) is 11.5. The molecular formula is C12H13ClN2S. The number of benzene rings is 1. The molecule has 84 valence electrons. The van der Waals surface area contributed by atoms with Gasteiger partial charge in [-0.05, 0) is 29.1 Å². The monoisotopic (exact) mass is 252 g/mol. The van der Waals surface area contributed by atoms with Crippen LogP contribution in [0.2, 0.25) is 5.02 Å². The van der Waals surface area contributed by atoms with Gasteiger partial charge in [0.15, 0.2) is 0 Å². The molecule has 0 unspecified atom stereocenters. The molecule has 0 aliphatic rings. The van der Waals surface area contributed by atoms with Crippen molar-refractivity contribution in [2.45, 2.75) is 13.1 Å². The molecule has 1 aromatic heterocycles. The first-order valence-corrected chi connectivity index (χ1v) is 6.28. The quantitative estimate of drug-likeness (QED) is 0.877. The van der Waals surface area contributed by atoms with Crippen LogP contribution in [-0.2, 0) is 13.1 Å². The highest BCUT2D eigenvalue weighted by Crippen LogP contribution is 2.18. The molecule has 2 rings (SSSR count). The lowest BCUT2D eigenvalue weighted by Gasteiger charge is -2.04. The summed E-state index contributed by atoms with van der Waals surface area (Å²) in [6, 6.07) is 9.78. The van der Waals surface area contributed by atoms with Crippen molar-refractivity contribution in [2.75, 3.05) is 5.73 Å². The van der Waals surface area contributed by atoms with E-state index in [4.69, 9.17) is 17.3 Å². The zero-order chi connectivity index (χ0) is 11.4. The summed E-state index contributed by atoms with van der Waals surface area (Å²) >= 11 is 7.58. The van der Waals surface area contributed by atoms with Gasteiger partial charge >= 0.3 is 0 Å². The Kier molecular flexibility index (Phi) is 3.83. The van der Waals surface area contributed by atoms with Crippen LogP contribution >= 0.6 is 22.9 Å². The van der Waals surface area contributed by atoms with Crippen molar-refractivity contribution >= 4 is 28.6 Å². The first-order chi connectivity index (χ1) is 7.75. The van der Waals surface area contributed by atoms with E-state index in [1.165, 1.54) is 10.4 Å². The standard InChI is InChI=1S/C12H13ClN2S/c13-10-3-1-2-9(6-10)7-15-8-12-11(14)4-5-16-12/h1-6,15H,7-8,14H2. The highest BCUT2D eigenvalue weighted by atomic mass is 35.5. The topological polar surface area (TPSA) is 38.0 Å². The van der Waals surface area contributed by atoms with E-state index in [2.05, 4.69) is 11.4 Å². The molecule has 0 saturated carbocycles. The molecule has 0 fully saturated rings. The average Bonchev–Trinajstić information content (AvgIpc) is 2.65. The van der Waals surface area contributed by atoms with Crippen molar-refractivity contribution in [2.24, 2.45) is 0 Å². The molecule has 0 bridgehead atoms. The number of anilines is 1. The van der Waals surface area contributed by atoms with Gasteiger partial charge in [-0.1, -0.05) is 23.7 Å². The van der Waals surface area contributed by atoms with Gasteiger partial charge in [0.1, 0.15) is 0 Å². The predicted molar refractivity (Wildman–Crippen MR) is 70.7 cm³/mol. The number of halogens is 1. The van der Waals surface area contributed by atoms with Gasteiger partial charge in [-0.25, -0.2) is 0 Å². The SMILES string of the molecule is Nc1ccsc1CNCc1cccc(Cl)c1. The largest absolute Gasteiger partial charge is 0.398 e. The zero-order valence-corrected chi connectivity index (χ0v) is 10.3. The maximum atomic E-state index is 5.90. The second kappa shape index (κ2) is 5.34. The maximum Gasteiger partial charge on any atom is 0.0468 e. The van der Waals surface area contributed by atoms with E-state index in [9.17, 15) is 0 Å². The minimum Gasteiger partial charge on any atom is -0.398 e. The van der Waals surface area contributed by atoms with Gasteiger partial charge in [0.25, 0.3) is 0 Å². The Morgan fingerprint density at radius 2 is 2.12 bits per heavy atom. The van der Waals surface area contributed by atoms with Crippen LogP contribution in [0.4, 0.5) is 5.69 Å². The molecule has 16 heavy (non-hydrogen) atoms. The molecule has 1 aromatic carbocycles. The molecule has 2 aromatic rings. The highest BCUT2D eigenvalue weighted by Gasteiger charge is 2.00. The van der Waals surface area contributed by atoms with Gasteiger partial charge in [0.2, 0.25) is 0 Å². The summed E-state index contributed by atoms with van der Waals surface area (Å²) in [5, 5.41) is 6.12. The van der Waals surface area contributed by atoms with E-state index in [1.54, 1.807) is 11.3 Å². The summed E-state index contributed by atoms with van der Waals surface area (Å²) in [5.41, 5.74) is 7.84. The number of thiophene rings is 1. The van der Waals surface area contributed by atoms with E-state index >= 15 is 0 Å². The Labute approximate surface area is 104 Å². The Balaban J connectivity index is 1.87. The first-order valence-electron chi connectivity index (χ1n) is 5.03. The lowest BCUT2D eigenvalue weighted by Crippen LogP contribution is -2.12. The van der Waals surface area contributed by atoms with Crippen molar-refractivity contribution in [3.05, 3.63) is 51.2 Å². The molecule has 0 atom stereocenters. The fraction of sp³-hybridized carbons (Fsp3) is 0.167. The third kappa shape index (κ3) is 2.98. The number of hydrogen-bond acceptors (Lipinski definition) is 3. The number of hydrogen-bond donors (Lipinski definition) is 2. The minimum absolute atomic E-state index is 0.773.